The Morgan fingerprint density at radius 2 is 1.81 bits per heavy atom. The molecular weight excluding hydrogens is 328 g/mol. The number of likely N-dealkylation sites (N-methyl/N-ethyl adjacent to an activating group) is 1. The van der Waals surface area contributed by atoms with E-state index in [4.69, 9.17) is 9.47 Å². The first-order valence-corrected chi connectivity index (χ1v) is 8.86. The van der Waals surface area contributed by atoms with Crippen LogP contribution in [0.5, 0.6) is 11.5 Å². The van der Waals surface area contributed by atoms with E-state index in [-0.39, 0.29) is 5.91 Å². The highest BCUT2D eigenvalue weighted by atomic mass is 16.5. The van der Waals surface area contributed by atoms with Crippen molar-refractivity contribution in [3.05, 3.63) is 53.6 Å². The van der Waals surface area contributed by atoms with Gasteiger partial charge in [0.2, 0.25) is 0 Å². The molecule has 2 N–H and O–H groups in total. The molecule has 5 nitrogen and oxygen atoms in total. The van der Waals surface area contributed by atoms with Gasteiger partial charge >= 0.3 is 0 Å². The summed E-state index contributed by atoms with van der Waals surface area (Å²) >= 11 is 0. The minimum absolute atomic E-state index is 0.00235. The lowest BCUT2D eigenvalue weighted by atomic mass is 10.0. The number of anilines is 1. The van der Waals surface area contributed by atoms with E-state index in [0.29, 0.717) is 24.8 Å². The summed E-state index contributed by atoms with van der Waals surface area (Å²) in [5.74, 6) is 1.78. The molecule has 26 heavy (non-hydrogen) atoms. The van der Waals surface area contributed by atoms with Gasteiger partial charge in [-0.25, -0.2) is 0 Å². The summed E-state index contributed by atoms with van der Waals surface area (Å²) < 4.78 is 10.8. The van der Waals surface area contributed by atoms with Crippen LogP contribution >= 0.6 is 0 Å². The van der Waals surface area contributed by atoms with Gasteiger partial charge in [-0.15, -0.1) is 0 Å². The lowest BCUT2D eigenvalue weighted by Crippen LogP contribution is -3.08. The van der Waals surface area contributed by atoms with Gasteiger partial charge in [0.25, 0.3) is 5.91 Å². The van der Waals surface area contributed by atoms with Crippen LogP contribution in [-0.4, -0.2) is 33.7 Å². The number of benzene rings is 2. The normalized spacial score (nSPS) is 11.9. The zero-order chi connectivity index (χ0) is 19.1. The van der Waals surface area contributed by atoms with Crippen LogP contribution in [0, 0.1) is 0 Å². The average molecular weight is 357 g/mol. The van der Waals surface area contributed by atoms with E-state index in [1.54, 1.807) is 14.2 Å². The second-order valence-corrected chi connectivity index (χ2v) is 6.75. The van der Waals surface area contributed by atoms with Gasteiger partial charge in [-0.1, -0.05) is 38.1 Å². The third kappa shape index (κ3) is 4.99. The first-order valence-electron chi connectivity index (χ1n) is 8.86. The molecule has 0 saturated carbocycles. The number of carbonyl (C=O) groups is 1. The van der Waals surface area contributed by atoms with Crippen LogP contribution < -0.4 is 19.7 Å². The Labute approximate surface area is 155 Å². The minimum Gasteiger partial charge on any atom is -0.493 e. The number of amides is 1. The number of nitrogens with one attached hydrogen (secondary N) is 2. The number of rotatable bonds is 8. The van der Waals surface area contributed by atoms with Crippen molar-refractivity contribution < 1.29 is 19.2 Å². The van der Waals surface area contributed by atoms with Crippen molar-refractivity contribution in [2.24, 2.45) is 0 Å². The molecule has 1 unspecified atom stereocenters. The average Bonchev–Trinajstić information content (AvgIpc) is 2.61. The second kappa shape index (κ2) is 9.25. The molecular formula is C21H29N2O3+. The Bertz CT molecular complexity index is 744. The Morgan fingerprint density at radius 1 is 1.08 bits per heavy atom. The van der Waals surface area contributed by atoms with E-state index in [9.17, 15) is 4.79 Å². The first-order chi connectivity index (χ1) is 12.5. The van der Waals surface area contributed by atoms with Crippen molar-refractivity contribution in [3.8, 4) is 11.5 Å². The summed E-state index contributed by atoms with van der Waals surface area (Å²) in [6, 6.07) is 13.7. The molecule has 2 aromatic carbocycles. The van der Waals surface area contributed by atoms with Crippen molar-refractivity contribution in [2.45, 2.75) is 26.3 Å². The van der Waals surface area contributed by atoms with Crippen LogP contribution in [0.1, 0.15) is 30.9 Å². The summed E-state index contributed by atoms with van der Waals surface area (Å²) in [5, 5.41) is 3.04. The highest BCUT2D eigenvalue weighted by molar-refractivity contribution is 5.92. The molecule has 2 aromatic rings. The maximum Gasteiger partial charge on any atom is 0.279 e. The van der Waals surface area contributed by atoms with Crippen LogP contribution in [0.15, 0.2) is 42.5 Å². The fourth-order valence-corrected chi connectivity index (χ4v) is 3.06. The molecule has 0 saturated heterocycles. The highest BCUT2D eigenvalue weighted by Crippen LogP contribution is 2.30. The molecule has 0 radical (unpaired) electrons. The van der Waals surface area contributed by atoms with Gasteiger partial charge in [-0.3, -0.25) is 4.79 Å². The third-order valence-electron chi connectivity index (χ3n) is 4.30. The lowest BCUT2D eigenvalue weighted by Gasteiger charge is -2.18. The number of quaternary nitrogens is 1. The van der Waals surface area contributed by atoms with Crippen LogP contribution in [-0.2, 0) is 11.3 Å². The fraction of sp³-hybridized carbons (Fsp3) is 0.381. The molecule has 1 atom stereocenters. The number of para-hydroxylation sites is 2. The Balaban J connectivity index is 2.02. The summed E-state index contributed by atoms with van der Waals surface area (Å²) in [5.41, 5.74) is 3.05. The SMILES string of the molecule is COc1cccc(C[NH+](C)CC(=O)Nc2ccccc2C(C)C)c1OC. The number of carbonyl (C=O) groups excluding carboxylic acids is 1. The second-order valence-electron chi connectivity index (χ2n) is 6.75. The van der Waals surface area contributed by atoms with Crippen molar-refractivity contribution in [3.63, 3.8) is 0 Å². The predicted octanol–water partition coefficient (Wildman–Crippen LogP) is 2.48. The molecule has 0 aromatic heterocycles. The Hall–Kier alpha value is -2.53. The largest absolute Gasteiger partial charge is 0.493 e. The molecule has 5 heteroatoms. The zero-order valence-electron chi connectivity index (χ0n) is 16.3. The van der Waals surface area contributed by atoms with Gasteiger partial charge in [0, 0.05) is 5.69 Å². The topological polar surface area (TPSA) is 52.0 Å². The van der Waals surface area contributed by atoms with Crippen LogP contribution in [0.3, 0.4) is 0 Å². The van der Waals surface area contributed by atoms with E-state index in [0.717, 1.165) is 27.5 Å². The Morgan fingerprint density at radius 3 is 2.46 bits per heavy atom. The van der Waals surface area contributed by atoms with Gasteiger partial charge < -0.3 is 19.7 Å². The number of hydrogen-bond acceptors (Lipinski definition) is 3. The van der Waals surface area contributed by atoms with Gasteiger partial charge in [-0.05, 0) is 29.7 Å². The predicted molar refractivity (Wildman–Crippen MR) is 104 cm³/mol. The molecule has 2 rings (SSSR count). The summed E-state index contributed by atoms with van der Waals surface area (Å²) in [6.07, 6.45) is 0. The first kappa shape index (κ1) is 19.8. The summed E-state index contributed by atoms with van der Waals surface area (Å²) in [7, 11) is 5.25. The van der Waals surface area contributed by atoms with Crippen LogP contribution in [0.2, 0.25) is 0 Å². The highest BCUT2D eigenvalue weighted by Gasteiger charge is 2.17. The standard InChI is InChI=1S/C21H28N2O3/c1-15(2)17-10-6-7-11-18(17)22-20(24)14-23(3)13-16-9-8-12-19(25-4)21(16)26-5/h6-12,15H,13-14H2,1-5H3,(H,22,24)/p+1. The zero-order valence-corrected chi connectivity index (χ0v) is 16.3. The van der Waals surface area contributed by atoms with E-state index in [1.165, 1.54) is 0 Å². The molecule has 0 spiro atoms. The van der Waals surface area contributed by atoms with E-state index in [1.807, 2.05) is 43.4 Å². The minimum atomic E-state index is -0.00235. The van der Waals surface area contributed by atoms with Crippen molar-refractivity contribution >= 4 is 11.6 Å². The Kier molecular flexibility index (Phi) is 7.04. The number of hydrogen-bond donors (Lipinski definition) is 2. The molecule has 1 amide bonds. The van der Waals surface area contributed by atoms with Gasteiger partial charge in [0.1, 0.15) is 6.54 Å². The third-order valence-corrected chi connectivity index (χ3v) is 4.30. The van der Waals surface area contributed by atoms with E-state index in [2.05, 4.69) is 25.2 Å². The maximum absolute atomic E-state index is 12.5. The van der Waals surface area contributed by atoms with E-state index < -0.39 is 0 Å². The molecule has 0 aliphatic carbocycles. The van der Waals surface area contributed by atoms with Gasteiger partial charge in [0.15, 0.2) is 18.0 Å². The van der Waals surface area contributed by atoms with Crippen molar-refractivity contribution in [2.75, 3.05) is 33.1 Å². The fourth-order valence-electron chi connectivity index (χ4n) is 3.06. The number of ether oxygens (including phenoxy) is 2. The van der Waals surface area contributed by atoms with Crippen LogP contribution in [0.4, 0.5) is 5.69 Å². The van der Waals surface area contributed by atoms with Gasteiger partial charge in [0.05, 0.1) is 26.8 Å². The summed E-state index contributed by atoms with van der Waals surface area (Å²) in [4.78, 5) is 13.5. The smallest absolute Gasteiger partial charge is 0.279 e. The van der Waals surface area contributed by atoms with Gasteiger partial charge in [-0.2, -0.15) is 0 Å². The van der Waals surface area contributed by atoms with Crippen LogP contribution in [0.25, 0.3) is 0 Å². The molecule has 0 fully saturated rings. The number of methoxy groups -OCH3 is 2. The molecule has 0 heterocycles. The van der Waals surface area contributed by atoms with E-state index >= 15 is 0 Å². The molecule has 0 aliphatic heterocycles. The molecule has 0 bridgehead atoms. The molecule has 140 valence electrons. The molecule has 0 aliphatic rings. The quantitative estimate of drug-likeness (QED) is 0.763. The van der Waals surface area contributed by atoms with Crippen molar-refractivity contribution in [1.29, 1.82) is 0 Å². The summed E-state index contributed by atoms with van der Waals surface area (Å²) in [6.45, 7) is 5.28. The van der Waals surface area contributed by atoms with Crippen molar-refractivity contribution in [1.82, 2.24) is 0 Å². The lowest BCUT2D eigenvalue weighted by molar-refractivity contribution is -0.885. The monoisotopic (exact) mass is 357 g/mol. The maximum atomic E-state index is 12.5.